The second-order valence-corrected chi connectivity index (χ2v) is 9.89. The normalized spacial score (nSPS) is 20.4. The molecule has 25 heavy (non-hydrogen) atoms. The third-order valence-corrected chi connectivity index (χ3v) is 7.09. The molecule has 2 rings (SSSR count). The van der Waals surface area contributed by atoms with Crippen molar-refractivity contribution in [1.82, 2.24) is 5.32 Å². The zero-order valence-corrected chi connectivity index (χ0v) is 17.0. The number of hydrogen-bond donors (Lipinski definition) is 1. The van der Waals surface area contributed by atoms with E-state index in [1.165, 1.54) is 11.3 Å². The van der Waals surface area contributed by atoms with Crippen molar-refractivity contribution in [2.75, 3.05) is 13.2 Å². The molecule has 1 heterocycles. The Kier molecular flexibility index (Phi) is 7.06. The number of rotatable bonds is 8. The van der Waals surface area contributed by atoms with Crippen LogP contribution in [0.4, 0.5) is 0 Å². The van der Waals surface area contributed by atoms with Crippen LogP contribution in [0.25, 0.3) is 0 Å². The highest BCUT2D eigenvalue weighted by atomic mass is 35.5. The zero-order chi connectivity index (χ0) is 18.5. The van der Waals surface area contributed by atoms with E-state index in [1.807, 2.05) is 19.1 Å². The summed E-state index contributed by atoms with van der Waals surface area (Å²) in [5.41, 5.74) is 0.729. The summed E-state index contributed by atoms with van der Waals surface area (Å²) in [4.78, 5) is 13.3. The summed E-state index contributed by atoms with van der Waals surface area (Å²) < 4.78 is 23.2. The average molecular weight is 404 g/mol. The van der Waals surface area contributed by atoms with Gasteiger partial charge in [0.05, 0.1) is 29.1 Å². The largest absolute Gasteiger partial charge is 0.335 e. The fourth-order valence-corrected chi connectivity index (χ4v) is 5.39. The van der Waals surface area contributed by atoms with Crippen LogP contribution >= 0.6 is 30.5 Å². The number of hydrogen-bond acceptors (Lipinski definition) is 5. The van der Waals surface area contributed by atoms with Crippen LogP contribution < -0.4 is 5.32 Å². The maximum Gasteiger partial charge on any atom is 0.335 e. The minimum Gasteiger partial charge on any atom is -0.322 e. The quantitative estimate of drug-likeness (QED) is 0.485. The van der Waals surface area contributed by atoms with E-state index in [-0.39, 0.29) is 12.1 Å². The Bertz CT molecular complexity index is 716. The van der Waals surface area contributed by atoms with Crippen LogP contribution in [-0.4, -0.2) is 24.0 Å². The number of halogens is 1. The molecule has 0 aliphatic heterocycles. The molecule has 0 bridgehead atoms. The monoisotopic (exact) mass is 403 g/mol. The first kappa shape index (κ1) is 20.4. The van der Waals surface area contributed by atoms with Crippen molar-refractivity contribution in [1.29, 1.82) is 0 Å². The van der Waals surface area contributed by atoms with Gasteiger partial charge in [0.15, 0.2) is 0 Å². The molecule has 0 saturated heterocycles. The average Bonchev–Trinajstić information content (AvgIpc) is 2.98. The number of nitrogens with one attached hydrogen (secondary N) is 1. The van der Waals surface area contributed by atoms with Crippen LogP contribution in [0.1, 0.15) is 41.7 Å². The molecule has 1 atom stereocenters. The summed E-state index contributed by atoms with van der Waals surface area (Å²) in [5.74, 6) is -0.201. The Hall–Kier alpha value is -0.910. The summed E-state index contributed by atoms with van der Waals surface area (Å²) in [6.45, 7) is 6.10. The van der Waals surface area contributed by atoms with Gasteiger partial charge < -0.3 is 14.4 Å². The second-order valence-electron chi connectivity index (χ2n) is 5.80. The van der Waals surface area contributed by atoms with Crippen molar-refractivity contribution < 1.29 is 18.4 Å². The molecular weight excluding hydrogens is 381 g/mol. The van der Waals surface area contributed by atoms with Gasteiger partial charge in [-0.1, -0.05) is 12.2 Å². The molecule has 0 fully saturated rings. The lowest BCUT2D eigenvalue weighted by Gasteiger charge is -2.20. The molecule has 1 aliphatic rings. The van der Waals surface area contributed by atoms with E-state index >= 15 is 0 Å². The number of carbonyl (C=O) groups excluding carboxylic acids is 1. The zero-order valence-electron chi connectivity index (χ0n) is 14.6. The summed E-state index contributed by atoms with van der Waals surface area (Å²) in [6.07, 6.45) is 6.39. The van der Waals surface area contributed by atoms with Gasteiger partial charge in [-0.15, -0.1) is 22.9 Å². The van der Waals surface area contributed by atoms with Crippen LogP contribution in [-0.2, 0) is 19.8 Å². The number of allylic oxidation sites excluding steroid dienone is 3. The van der Waals surface area contributed by atoms with E-state index in [9.17, 15) is 9.36 Å². The van der Waals surface area contributed by atoms with Gasteiger partial charge in [-0.05, 0) is 45.4 Å². The van der Waals surface area contributed by atoms with Crippen LogP contribution in [0.15, 0.2) is 36.1 Å². The molecule has 0 spiro atoms. The van der Waals surface area contributed by atoms with Gasteiger partial charge in [0.2, 0.25) is 0 Å². The van der Waals surface area contributed by atoms with Gasteiger partial charge in [0.25, 0.3) is 5.91 Å². The van der Waals surface area contributed by atoms with Crippen LogP contribution in [0.3, 0.4) is 0 Å². The van der Waals surface area contributed by atoms with E-state index in [0.717, 1.165) is 10.6 Å². The predicted octanol–water partition coefficient (Wildman–Crippen LogP) is 5.09. The Morgan fingerprint density at radius 2 is 2.04 bits per heavy atom. The fourth-order valence-electron chi connectivity index (χ4n) is 2.29. The maximum atomic E-state index is 12.6. The number of thiophene rings is 1. The SMILES string of the molecule is CCOP(=O)(Cc1ccc(C(=O)NC2=CCC(C)(Cl)C=C2)s1)OCC. The third-order valence-electron chi connectivity index (χ3n) is 3.48. The lowest BCUT2D eigenvalue weighted by molar-refractivity contribution is 0.0970. The Balaban J connectivity index is 2.01. The van der Waals surface area contributed by atoms with E-state index < -0.39 is 12.5 Å². The van der Waals surface area contributed by atoms with Gasteiger partial charge in [0, 0.05) is 10.6 Å². The lowest BCUT2D eigenvalue weighted by Crippen LogP contribution is -2.24. The van der Waals surface area contributed by atoms with Crippen molar-refractivity contribution in [3.63, 3.8) is 0 Å². The van der Waals surface area contributed by atoms with E-state index in [2.05, 4.69) is 5.32 Å². The maximum absolute atomic E-state index is 12.6. The molecule has 138 valence electrons. The Morgan fingerprint density at radius 3 is 2.60 bits per heavy atom. The van der Waals surface area contributed by atoms with Gasteiger partial charge in [-0.2, -0.15) is 0 Å². The molecule has 1 N–H and O–H groups in total. The first-order chi connectivity index (χ1) is 11.8. The lowest BCUT2D eigenvalue weighted by atomic mass is 10.0. The summed E-state index contributed by atoms with van der Waals surface area (Å²) in [6, 6.07) is 3.50. The summed E-state index contributed by atoms with van der Waals surface area (Å²) in [7, 11) is -3.17. The fraction of sp³-hybridized carbons (Fsp3) is 0.471. The Morgan fingerprint density at radius 1 is 1.36 bits per heavy atom. The molecule has 1 aromatic heterocycles. The van der Waals surface area contributed by atoms with Crippen LogP contribution in [0.2, 0.25) is 0 Å². The van der Waals surface area contributed by atoms with Crippen LogP contribution in [0, 0.1) is 0 Å². The molecule has 0 saturated carbocycles. The number of amides is 1. The molecule has 1 aromatic rings. The molecule has 0 aromatic carbocycles. The predicted molar refractivity (Wildman–Crippen MR) is 102 cm³/mol. The minimum absolute atomic E-state index is 0.166. The smallest absolute Gasteiger partial charge is 0.322 e. The highest BCUT2D eigenvalue weighted by molar-refractivity contribution is 7.53. The molecule has 1 unspecified atom stereocenters. The van der Waals surface area contributed by atoms with Gasteiger partial charge >= 0.3 is 7.60 Å². The third kappa shape index (κ3) is 6.08. The summed E-state index contributed by atoms with van der Waals surface area (Å²) >= 11 is 7.50. The molecule has 8 heteroatoms. The molecule has 1 amide bonds. The van der Waals surface area contributed by atoms with Crippen molar-refractivity contribution >= 4 is 36.4 Å². The van der Waals surface area contributed by atoms with E-state index in [0.29, 0.717) is 24.5 Å². The Labute approximate surface area is 157 Å². The van der Waals surface area contributed by atoms with Crippen molar-refractivity contribution in [3.05, 3.63) is 45.8 Å². The molecule has 0 radical (unpaired) electrons. The number of alkyl halides is 1. The first-order valence-electron chi connectivity index (χ1n) is 8.13. The highest BCUT2D eigenvalue weighted by Gasteiger charge is 2.26. The van der Waals surface area contributed by atoms with Gasteiger partial charge in [-0.25, -0.2) is 0 Å². The van der Waals surface area contributed by atoms with Gasteiger partial charge in [0.1, 0.15) is 0 Å². The second kappa shape index (κ2) is 8.65. The number of carbonyl (C=O) groups is 1. The molecular formula is C17H23ClNO4PS. The highest BCUT2D eigenvalue weighted by Crippen LogP contribution is 2.52. The summed E-state index contributed by atoms with van der Waals surface area (Å²) in [5, 5.41) is 2.85. The van der Waals surface area contributed by atoms with E-state index in [4.69, 9.17) is 20.6 Å². The van der Waals surface area contributed by atoms with Crippen molar-refractivity contribution in [2.24, 2.45) is 0 Å². The minimum atomic E-state index is -3.17. The van der Waals surface area contributed by atoms with Crippen molar-refractivity contribution in [3.8, 4) is 0 Å². The topological polar surface area (TPSA) is 64.6 Å². The molecule has 1 aliphatic carbocycles. The molecule has 5 nitrogen and oxygen atoms in total. The first-order valence-corrected chi connectivity index (χ1v) is 11.1. The van der Waals surface area contributed by atoms with Crippen molar-refractivity contribution in [2.45, 2.75) is 38.2 Å². The van der Waals surface area contributed by atoms with E-state index in [1.54, 1.807) is 32.1 Å². The van der Waals surface area contributed by atoms with Crippen LogP contribution in [0.5, 0.6) is 0 Å². The van der Waals surface area contributed by atoms with Gasteiger partial charge in [-0.3, -0.25) is 9.36 Å². The standard InChI is InChI=1S/C17H23ClNO4PS/c1-4-22-24(21,23-5-2)12-14-6-7-15(25-14)16(20)19-13-8-10-17(3,18)11-9-13/h6-10H,4-5,11-12H2,1-3H3,(H,19,20).